The monoisotopic (exact) mass is 447 g/mol. The Labute approximate surface area is 192 Å². The molecule has 13 heteroatoms. The Balaban J connectivity index is 0.00000240. The molecular weight excluding hydrogens is 433 g/mol. The SMILES string of the molecule is O=C(Cc1nc2c(s1)C1CN(C2)C(=O)N1OS(=O)(=O)[O-])OCc1ccccc1.[Na+]. The maximum Gasteiger partial charge on any atom is 1.00 e. The second-order valence-corrected chi connectivity index (χ2v) is 8.31. The van der Waals surface area contributed by atoms with Gasteiger partial charge in [-0.1, -0.05) is 30.3 Å². The number of fused-ring (bicyclic) bond motifs is 4. The van der Waals surface area contributed by atoms with Crippen molar-refractivity contribution in [3.8, 4) is 0 Å². The second-order valence-electron chi connectivity index (χ2n) is 6.23. The first-order chi connectivity index (χ1) is 13.3. The molecule has 1 fully saturated rings. The fourth-order valence-electron chi connectivity index (χ4n) is 3.09. The van der Waals surface area contributed by atoms with E-state index in [9.17, 15) is 22.6 Å². The van der Waals surface area contributed by atoms with E-state index in [0.717, 1.165) is 5.56 Å². The number of amides is 2. The normalized spacial score (nSPS) is 17.7. The smallest absolute Gasteiger partial charge is 0.724 e. The van der Waals surface area contributed by atoms with Gasteiger partial charge in [-0.2, -0.15) is 9.35 Å². The zero-order valence-electron chi connectivity index (χ0n) is 15.3. The van der Waals surface area contributed by atoms with E-state index in [1.807, 2.05) is 30.3 Å². The number of esters is 1. The van der Waals surface area contributed by atoms with Crippen LogP contribution in [-0.4, -0.2) is 46.5 Å². The Morgan fingerprint density at radius 2 is 2.03 bits per heavy atom. The van der Waals surface area contributed by atoms with Gasteiger partial charge >= 0.3 is 41.6 Å². The van der Waals surface area contributed by atoms with Crippen molar-refractivity contribution in [3.05, 3.63) is 51.5 Å². The van der Waals surface area contributed by atoms with Crippen molar-refractivity contribution in [1.29, 1.82) is 0 Å². The number of hydroxylamine groups is 2. The first-order valence-corrected chi connectivity index (χ1v) is 10.4. The molecule has 29 heavy (non-hydrogen) atoms. The van der Waals surface area contributed by atoms with E-state index in [0.29, 0.717) is 20.6 Å². The molecule has 1 aromatic carbocycles. The molecule has 2 aliphatic heterocycles. The molecule has 2 aromatic rings. The number of nitrogens with zero attached hydrogens (tertiary/aromatic N) is 3. The summed E-state index contributed by atoms with van der Waals surface area (Å²) in [5.74, 6) is -0.452. The van der Waals surface area contributed by atoms with Gasteiger partial charge in [0.2, 0.25) is 10.4 Å². The van der Waals surface area contributed by atoms with Gasteiger partial charge in [0.25, 0.3) is 0 Å². The summed E-state index contributed by atoms with van der Waals surface area (Å²) in [7, 11) is -5.09. The third-order valence-corrected chi connectivity index (χ3v) is 5.80. The molecule has 2 bridgehead atoms. The first-order valence-electron chi connectivity index (χ1n) is 8.22. The fraction of sp³-hybridized carbons (Fsp3) is 0.312. The summed E-state index contributed by atoms with van der Waals surface area (Å²) in [5, 5.41) is 1.04. The molecule has 2 amide bonds. The van der Waals surface area contributed by atoms with Gasteiger partial charge in [0, 0.05) is 0 Å². The van der Waals surface area contributed by atoms with Crippen LogP contribution < -0.4 is 29.6 Å². The summed E-state index contributed by atoms with van der Waals surface area (Å²) in [6.07, 6.45) is -0.0497. The van der Waals surface area contributed by atoms with Gasteiger partial charge < -0.3 is 14.2 Å². The molecule has 0 aliphatic carbocycles. The maximum absolute atomic E-state index is 12.1. The maximum atomic E-state index is 12.1. The Hall–Kier alpha value is -1.54. The standard InChI is InChI=1S/C16H15N3O7S2.Na/c20-14(25-9-10-4-2-1-3-5-10)6-13-17-11-7-18-8-12(15(11)27-13)19(16(18)21)26-28(22,23)24;/h1-5,12H,6-9H2,(H,22,23,24);/q;+1/p-1. The molecule has 1 atom stereocenters. The van der Waals surface area contributed by atoms with Gasteiger partial charge in [-0.25, -0.2) is 18.2 Å². The van der Waals surface area contributed by atoms with E-state index in [4.69, 9.17) is 4.74 Å². The van der Waals surface area contributed by atoms with Crippen LogP contribution in [0.25, 0.3) is 0 Å². The summed E-state index contributed by atoms with van der Waals surface area (Å²) < 4.78 is 42.3. The number of benzene rings is 1. The van der Waals surface area contributed by atoms with Crippen LogP contribution in [0.2, 0.25) is 0 Å². The molecule has 3 heterocycles. The molecule has 0 spiro atoms. The van der Waals surface area contributed by atoms with Gasteiger partial charge in [-0.05, 0) is 5.56 Å². The summed E-state index contributed by atoms with van der Waals surface area (Å²) in [6.45, 7) is 0.485. The van der Waals surface area contributed by atoms with E-state index in [2.05, 4.69) is 9.27 Å². The topological polar surface area (TPSA) is 129 Å². The Morgan fingerprint density at radius 1 is 1.31 bits per heavy atom. The quantitative estimate of drug-likeness (QED) is 0.218. The van der Waals surface area contributed by atoms with Crippen molar-refractivity contribution in [2.45, 2.75) is 25.6 Å². The van der Waals surface area contributed by atoms with Crippen LogP contribution in [0.5, 0.6) is 0 Å². The largest absolute Gasteiger partial charge is 1.00 e. The van der Waals surface area contributed by atoms with E-state index in [1.165, 1.54) is 16.2 Å². The average Bonchev–Trinajstić information content (AvgIpc) is 3.15. The van der Waals surface area contributed by atoms with Crippen LogP contribution in [-0.2, 0) is 43.8 Å². The van der Waals surface area contributed by atoms with Crippen molar-refractivity contribution in [2.24, 2.45) is 0 Å². The van der Waals surface area contributed by atoms with Crippen molar-refractivity contribution in [1.82, 2.24) is 14.9 Å². The van der Waals surface area contributed by atoms with Crippen LogP contribution in [0.4, 0.5) is 4.79 Å². The molecule has 0 radical (unpaired) electrons. The average molecular weight is 447 g/mol. The van der Waals surface area contributed by atoms with Gasteiger partial charge in [0.1, 0.15) is 17.7 Å². The van der Waals surface area contributed by atoms with E-state index in [-0.39, 0.29) is 55.7 Å². The van der Waals surface area contributed by atoms with Gasteiger partial charge in [-0.15, -0.1) is 11.3 Å². The number of ether oxygens (including phenoxy) is 1. The Morgan fingerprint density at radius 3 is 2.72 bits per heavy atom. The number of hydrogen-bond acceptors (Lipinski definition) is 9. The summed E-state index contributed by atoms with van der Waals surface area (Å²) in [6, 6.07) is 7.78. The molecular formula is C16H14N3NaO7S2. The summed E-state index contributed by atoms with van der Waals surface area (Å²) >= 11 is 1.17. The second kappa shape index (κ2) is 8.68. The third kappa shape index (κ3) is 4.97. The Bertz CT molecular complexity index is 1030. The summed E-state index contributed by atoms with van der Waals surface area (Å²) in [5.41, 5.74) is 1.42. The molecule has 1 saturated heterocycles. The zero-order chi connectivity index (χ0) is 19.9. The van der Waals surface area contributed by atoms with E-state index in [1.54, 1.807) is 0 Å². The fourth-order valence-corrected chi connectivity index (χ4v) is 4.59. The number of thiazole rings is 1. The predicted molar refractivity (Wildman–Crippen MR) is 93.2 cm³/mol. The van der Waals surface area contributed by atoms with Crippen molar-refractivity contribution >= 4 is 33.7 Å². The molecule has 4 rings (SSSR count). The number of aromatic nitrogens is 1. The zero-order valence-corrected chi connectivity index (χ0v) is 18.9. The molecule has 1 unspecified atom stereocenters. The predicted octanol–water partition coefficient (Wildman–Crippen LogP) is -1.88. The van der Waals surface area contributed by atoms with Gasteiger partial charge in [0.15, 0.2) is 0 Å². The number of urea groups is 1. The molecule has 148 valence electrons. The minimum absolute atomic E-state index is 0. The minimum atomic E-state index is -5.09. The Kier molecular flexibility index (Phi) is 6.63. The van der Waals surface area contributed by atoms with E-state index < -0.39 is 28.4 Å². The molecule has 0 saturated carbocycles. The number of carbonyl (C=O) groups excluding carboxylic acids is 2. The van der Waals surface area contributed by atoms with Crippen LogP contribution in [0.15, 0.2) is 30.3 Å². The number of carbonyl (C=O) groups is 2. The molecule has 10 nitrogen and oxygen atoms in total. The summed E-state index contributed by atoms with van der Waals surface area (Å²) in [4.78, 5) is 30.5. The van der Waals surface area contributed by atoms with Crippen LogP contribution in [0.3, 0.4) is 0 Å². The van der Waals surface area contributed by atoms with Crippen LogP contribution in [0.1, 0.15) is 27.2 Å². The van der Waals surface area contributed by atoms with Crippen LogP contribution in [0, 0.1) is 0 Å². The van der Waals surface area contributed by atoms with Gasteiger partial charge in [0.05, 0.1) is 30.1 Å². The van der Waals surface area contributed by atoms with Crippen molar-refractivity contribution < 1.29 is 61.1 Å². The van der Waals surface area contributed by atoms with Gasteiger partial charge in [-0.3, -0.25) is 4.79 Å². The van der Waals surface area contributed by atoms with E-state index >= 15 is 0 Å². The van der Waals surface area contributed by atoms with Crippen molar-refractivity contribution in [2.75, 3.05) is 6.54 Å². The minimum Gasteiger partial charge on any atom is -0.724 e. The van der Waals surface area contributed by atoms with Crippen molar-refractivity contribution in [3.63, 3.8) is 0 Å². The first kappa shape index (κ1) is 22.2. The third-order valence-electron chi connectivity index (χ3n) is 4.26. The molecule has 2 aliphatic rings. The number of rotatable bonds is 6. The molecule has 1 aromatic heterocycles. The number of hydrogen-bond donors (Lipinski definition) is 0. The molecule has 0 N–H and O–H groups in total. The van der Waals surface area contributed by atoms with Crippen LogP contribution >= 0.6 is 11.3 Å².